The Morgan fingerprint density at radius 3 is 2.41 bits per heavy atom. The Morgan fingerprint density at radius 2 is 1.69 bits per heavy atom. The van der Waals surface area contributed by atoms with Crippen LogP contribution in [-0.2, 0) is 16.6 Å². The molecule has 0 radical (unpaired) electrons. The first-order valence-electron chi connectivity index (χ1n) is 8.65. The minimum Gasteiger partial charge on any atom is -0.348 e. The van der Waals surface area contributed by atoms with Crippen LogP contribution >= 0.6 is 0 Å². The maximum Gasteiger partial charge on any atom is 0.264 e. The fourth-order valence-corrected chi connectivity index (χ4v) is 3.93. The number of carbonyl (C=O) groups is 1. The lowest BCUT2D eigenvalue weighted by Gasteiger charge is -2.19. The predicted molar refractivity (Wildman–Crippen MR) is 106 cm³/mol. The molecule has 3 aromatic rings. The highest BCUT2D eigenvalue weighted by Crippen LogP contribution is 2.22. The predicted octanol–water partition coefficient (Wildman–Crippen LogP) is 3.72. The molecule has 0 saturated carbocycles. The van der Waals surface area contributed by atoms with Crippen LogP contribution in [0.5, 0.6) is 0 Å². The van der Waals surface area contributed by atoms with Gasteiger partial charge >= 0.3 is 0 Å². The van der Waals surface area contributed by atoms with Crippen LogP contribution in [0.2, 0.25) is 0 Å². The van der Waals surface area contributed by atoms with Gasteiger partial charge in [0.15, 0.2) is 0 Å². The van der Waals surface area contributed by atoms with Gasteiger partial charge in [-0.2, -0.15) is 0 Å². The summed E-state index contributed by atoms with van der Waals surface area (Å²) in [5, 5.41) is 2.47. The molecule has 3 aromatic carbocycles. The van der Waals surface area contributed by atoms with Gasteiger partial charge < -0.3 is 5.32 Å². The van der Waals surface area contributed by atoms with E-state index in [9.17, 15) is 22.0 Å². The van der Waals surface area contributed by atoms with Gasteiger partial charge in [-0.1, -0.05) is 24.3 Å². The molecule has 150 valence electrons. The van der Waals surface area contributed by atoms with Crippen molar-refractivity contribution in [3.8, 4) is 0 Å². The third kappa shape index (κ3) is 4.60. The number of hydrogen-bond donors (Lipinski definition) is 1. The van der Waals surface area contributed by atoms with Crippen LogP contribution in [0.25, 0.3) is 0 Å². The van der Waals surface area contributed by atoms with Crippen molar-refractivity contribution in [3.63, 3.8) is 0 Å². The molecule has 8 heteroatoms. The third-order valence-electron chi connectivity index (χ3n) is 4.32. The topological polar surface area (TPSA) is 66.5 Å². The Hall–Kier alpha value is -3.26. The highest BCUT2D eigenvalue weighted by Gasteiger charge is 2.22. The van der Waals surface area contributed by atoms with Gasteiger partial charge in [0.05, 0.1) is 10.6 Å². The molecule has 0 atom stereocenters. The number of para-hydroxylation sites is 1. The van der Waals surface area contributed by atoms with Crippen LogP contribution in [0.15, 0.2) is 77.7 Å². The van der Waals surface area contributed by atoms with Crippen molar-refractivity contribution >= 4 is 21.6 Å². The second-order valence-electron chi connectivity index (χ2n) is 6.25. The molecule has 3 rings (SSSR count). The second-order valence-corrected chi connectivity index (χ2v) is 8.22. The Kier molecular flexibility index (Phi) is 5.93. The Labute approximate surface area is 167 Å². The molecule has 0 aliphatic heterocycles. The van der Waals surface area contributed by atoms with Crippen molar-refractivity contribution in [2.24, 2.45) is 0 Å². The summed E-state index contributed by atoms with van der Waals surface area (Å²) >= 11 is 0. The summed E-state index contributed by atoms with van der Waals surface area (Å²) in [6.07, 6.45) is 0. The maximum absolute atomic E-state index is 13.7. The highest BCUT2D eigenvalue weighted by molar-refractivity contribution is 7.92. The monoisotopic (exact) mass is 416 g/mol. The summed E-state index contributed by atoms with van der Waals surface area (Å²) in [6.45, 7) is -0.233. The van der Waals surface area contributed by atoms with Gasteiger partial charge in [0.1, 0.15) is 11.6 Å². The quantitative estimate of drug-likeness (QED) is 0.666. The second kappa shape index (κ2) is 8.40. The van der Waals surface area contributed by atoms with E-state index in [-0.39, 0.29) is 22.6 Å². The van der Waals surface area contributed by atoms with E-state index in [4.69, 9.17) is 0 Å². The minimum atomic E-state index is -3.88. The Bertz CT molecular complexity index is 1140. The molecule has 1 amide bonds. The van der Waals surface area contributed by atoms with Crippen molar-refractivity contribution < 1.29 is 22.0 Å². The molecule has 0 bridgehead atoms. The standard InChI is InChI=1S/C21H18F2N2O3S/c1-25(18-7-3-2-4-8-18)29(27,28)19-9-5-6-15(13-19)21(26)24-14-16-12-17(22)10-11-20(16)23/h2-13H,14H2,1H3,(H,24,26). The zero-order valence-electron chi connectivity index (χ0n) is 15.5. The van der Waals surface area contributed by atoms with Gasteiger partial charge in [0.2, 0.25) is 0 Å². The molecule has 0 unspecified atom stereocenters. The summed E-state index contributed by atoms with van der Waals surface area (Å²) in [6, 6.07) is 17.0. The van der Waals surface area contributed by atoms with Crippen LogP contribution < -0.4 is 9.62 Å². The largest absolute Gasteiger partial charge is 0.348 e. The van der Waals surface area contributed by atoms with Gasteiger partial charge in [-0.05, 0) is 48.5 Å². The molecular formula is C21H18F2N2O3S. The van der Waals surface area contributed by atoms with E-state index < -0.39 is 27.6 Å². The number of halogens is 2. The first-order valence-corrected chi connectivity index (χ1v) is 10.1. The molecule has 29 heavy (non-hydrogen) atoms. The van der Waals surface area contributed by atoms with Gasteiger partial charge in [0, 0.05) is 24.7 Å². The SMILES string of the molecule is CN(c1ccccc1)S(=O)(=O)c1cccc(C(=O)NCc2cc(F)ccc2F)c1. The number of hydrogen-bond acceptors (Lipinski definition) is 3. The molecule has 0 fully saturated rings. The molecule has 0 saturated heterocycles. The van der Waals surface area contributed by atoms with E-state index in [0.29, 0.717) is 5.69 Å². The third-order valence-corrected chi connectivity index (χ3v) is 6.10. The fraction of sp³-hybridized carbons (Fsp3) is 0.0952. The van der Waals surface area contributed by atoms with Gasteiger partial charge in [-0.25, -0.2) is 17.2 Å². The van der Waals surface area contributed by atoms with E-state index in [0.717, 1.165) is 22.5 Å². The van der Waals surface area contributed by atoms with E-state index in [1.807, 2.05) is 0 Å². The van der Waals surface area contributed by atoms with Crippen molar-refractivity contribution in [2.75, 3.05) is 11.4 Å². The Morgan fingerprint density at radius 1 is 0.966 bits per heavy atom. The number of rotatable bonds is 6. The smallest absolute Gasteiger partial charge is 0.264 e. The molecule has 0 aliphatic rings. The fourth-order valence-electron chi connectivity index (χ4n) is 2.69. The number of benzene rings is 3. The molecule has 5 nitrogen and oxygen atoms in total. The zero-order valence-corrected chi connectivity index (χ0v) is 16.3. The van der Waals surface area contributed by atoms with E-state index >= 15 is 0 Å². The highest BCUT2D eigenvalue weighted by atomic mass is 32.2. The summed E-state index contributed by atoms with van der Waals surface area (Å²) in [5.74, 6) is -1.87. The summed E-state index contributed by atoms with van der Waals surface area (Å²) in [7, 11) is -2.46. The molecular weight excluding hydrogens is 398 g/mol. The van der Waals surface area contributed by atoms with Crippen molar-refractivity contribution in [3.05, 3.63) is 95.6 Å². The van der Waals surface area contributed by atoms with E-state index in [2.05, 4.69) is 5.32 Å². The number of nitrogens with zero attached hydrogens (tertiary/aromatic N) is 1. The van der Waals surface area contributed by atoms with Crippen LogP contribution in [0, 0.1) is 11.6 Å². The average molecular weight is 416 g/mol. The molecule has 0 heterocycles. The van der Waals surface area contributed by atoms with Gasteiger partial charge in [-0.15, -0.1) is 0 Å². The molecule has 0 spiro atoms. The number of amides is 1. The van der Waals surface area contributed by atoms with Crippen molar-refractivity contribution in [1.29, 1.82) is 0 Å². The summed E-state index contributed by atoms with van der Waals surface area (Å²) in [4.78, 5) is 12.3. The lowest BCUT2D eigenvalue weighted by Crippen LogP contribution is -2.27. The summed E-state index contributed by atoms with van der Waals surface area (Å²) < 4.78 is 53.8. The van der Waals surface area contributed by atoms with Crippen LogP contribution in [0.1, 0.15) is 15.9 Å². The normalized spacial score (nSPS) is 11.1. The number of carbonyl (C=O) groups excluding carboxylic acids is 1. The minimum absolute atomic E-state index is 0.00839. The van der Waals surface area contributed by atoms with Crippen LogP contribution in [0.3, 0.4) is 0 Å². The van der Waals surface area contributed by atoms with Gasteiger partial charge in [0.25, 0.3) is 15.9 Å². The maximum atomic E-state index is 13.7. The van der Waals surface area contributed by atoms with Crippen molar-refractivity contribution in [2.45, 2.75) is 11.4 Å². The van der Waals surface area contributed by atoms with Crippen LogP contribution in [0.4, 0.5) is 14.5 Å². The first kappa shape index (κ1) is 20.5. The Balaban J connectivity index is 1.79. The van der Waals surface area contributed by atoms with Crippen LogP contribution in [-0.4, -0.2) is 21.4 Å². The summed E-state index contributed by atoms with van der Waals surface area (Å²) in [5.41, 5.74) is 0.555. The number of anilines is 1. The first-order chi connectivity index (χ1) is 13.8. The average Bonchev–Trinajstić information content (AvgIpc) is 2.74. The molecule has 0 aliphatic carbocycles. The lowest BCUT2D eigenvalue weighted by atomic mass is 10.2. The number of nitrogens with one attached hydrogen (secondary N) is 1. The van der Waals surface area contributed by atoms with E-state index in [1.54, 1.807) is 30.3 Å². The zero-order chi connectivity index (χ0) is 21.0. The van der Waals surface area contributed by atoms with Gasteiger partial charge in [-0.3, -0.25) is 9.10 Å². The molecule has 0 aromatic heterocycles. The van der Waals surface area contributed by atoms with Crippen molar-refractivity contribution in [1.82, 2.24) is 5.32 Å². The lowest BCUT2D eigenvalue weighted by molar-refractivity contribution is 0.0950. The number of sulfonamides is 1. The van der Waals surface area contributed by atoms with E-state index in [1.165, 1.54) is 31.3 Å². The molecule has 1 N–H and O–H groups in total.